The number of pyridine rings is 1. The number of H-pyrrole nitrogens is 1. The number of benzene rings is 1. The number of halogens is 1. The smallest absolute Gasteiger partial charge is 0.289 e. The quantitative estimate of drug-likeness (QED) is 0.766. The third-order valence-corrected chi connectivity index (χ3v) is 4.39. The summed E-state index contributed by atoms with van der Waals surface area (Å²) in [6.45, 7) is 2.49. The molecule has 110 valence electrons. The fourth-order valence-electron chi connectivity index (χ4n) is 2.92. The lowest BCUT2D eigenvalue weighted by molar-refractivity contribution is 0.272. The van der Waals surface area contributed by atoms with Crippen molar-refractivity contribution >= 4 is 26.8 Å². The van der Waals surface area contributed by atoms with Gasteiger partial charge in [0.05, 0.1) is 5.69 Å². The van der Waals surface area contributed by atoms with E-state index in [0.29, 0.717) is 12.1 Å². The molecule has 0 saturated heterocycles. The Hall–Kier alpha value is -2.05. The molecule has 0 spiro atoms. The van der Waals surface area contributed by atoms with Gasteiger partial charge < -0.3 is 0 Å². The molecule has 5 nitrogen and oxygen atoms in total. The summed E-state index contributed by atoms with van der Waals surface area (Å²) in [5.74, 6) is 0. The molecule has 22 heavy (non-hydrogen) atoms. The molecular formula is C16H13BrN4O. The summed E-state index contributed by atoms with van der Waals surface area (Å²) in [4.78, 5) is 18.4. The second-order valence-corrected chi connectivity index (χ2v) is 6.38. The fraction of sp³-hybridized carbons (Fsp3) is 0.188. The number of hydrogen-bond donors (Lipinski definition) is 1. The Labute approximate surface area is 135 Å². The summed E-state index contributed by atoms with van der Waals surface area (Å²) < 4.78 is 0.846. The minimum atomic E-state index is -0.254. The van der Waals surface area contributed by atoms with Crippen molar-refractivity contribution in [1.82, 2.24) is 20.1 Å². The van der Waals surface area contributed by atoms with Crippen LogP contribution in [0.25, 0.3) is 10.9 Å². The largest absolute Gasteiger partial charge is 0.290 e. The molecule has 3 heterocycles. The molecule has 1 aliphatic rings. The van der Waals surface area contributed by atoms with E-state index in [9.17, 15) is 4.79 Å². The Morgan fingerprint density at radius 1 is 1.23 bits per heavy atom. The molecule has 1 N–H and O–H groups in total. The topological polar surface area (TPSA) is 61.9 Å². The highest BCUT2D eigenvalue weighted by Gasteiger charge is 2.20. The standard InChI is InChI=1S/C16H13BrN4O/c17-12-5-13-14(19-20-16(22)15(13)18-6-12)9-21-7-10-3-1-2-4-11(10)8-21/h1-6H,7-9H2,(H,20,22). The average molecular weight is 357 g/mol. The lowest BCUT2D eigenvalue weighted by Crippen LogP contribution is -2.20. The summed E-state index contributed by atoms with van der Waals surface area (Å²) in [5.41, 5.74) is 3.74. The monoisotopic (exact) mass is 356 g/mol. The Morgan fingerprint density at radius 2 is 1.95 bits per heavy atom. The molecule has 0 saturated carbocycles. The Balaban J connectivity index is 1.70. The lowest BCUT2D eigenvalue weighted by atomic mass is 10.1. The van der Waals surface area contributed by atoms with Gasteiger partial charge in [-0.1, -0.05) is 24.3 Å². The minimum absolute atomic E-state index is 0.254. The highest BCUT2D eigenvalue weighted by atomic mass is 79.9. The molecule has 4 rings (SSSR count). The number of nitrogens with one attached hydrogen (secondary N) is 1. The zero-order valence-corrected chi connectivity index (χ0v) is 13.3. The predicted octanol–water partition coefficient (Wildman–Crippen LogP) is 2.60. The maximum atomic E-state index is 11.8. The summed E-state index contributed by atoms with van der Waals surface area (Å²) in [7, 11) is 0. The van der Waals surface area contributed by atoms with Crippen LogP contribution < -0.4 is 5.56 Å². The molecule has 0 aliphatic carbocycles. The highest BCUT2D eigenvalue weighted by molar-refractivity contribution is 9.10. The van der Waals surface area contributed by atoms with Gasteiger partial charge in [-0.2, -0.15) is 5.10 Å². The van der Waals surface area contributed by atoms with Crippen LogP contribution in [0.4, 0.5) is 0 Å². The number of aromatic amines is 1. The molecule has 3 aromatic rings. The van der Waals surface area contributed by atoms with E-state index in [2.05, 4.69) is 60.3 Å². The van der Waals surface area contributed by atoms with Crippen LogP contribution in [0.2, 0.25) is 0 Å². The van der Waals surface area contributed by atoms with Crippen molar-refractivity contribution in [2.75, 3.05) is 0 Å². The third-order valence-electron chi connectivity index (χ3n) is 3.95. The van der Waals surface area contributed by atoms with Gasteiger partial charge in [0.1, 0.15) is 5.52 Å². The summed E-state index contributed by atoms with van der Waals surface area (Å²) in [5, 5.41) is 7.58. The van der Waals surface area contributed by atoms with E-state index >= 15 is 0 Å². The molecule has 0 unspecified atom stereocenters. The van der Waals surface area contributed by atoms with E-state index in [-0.39, 0.29) is 5.56 Å². The van der Waals surface area contributed by atoms with Crippen molar-refractivity contribution < 1.29 is 0 Å². The lowest BCUT2D eigenvalue weighted by Gasteiger charge is -2.15. The van der Waals surface area contributed by atoms with Gasteiger partial charge >= 0.3 is 0 Å². The summed E-state index contributed by atoms with van der Waals surface area (Å²) >= 11 is 3.41. The Morgan fingerprint density at radius 3 is 2.68 bits per heavy atom. The van der Waals surface area contributed by atoms with E-state index < -0.39 is 0 Å². The molecule has 0 amide bonds. The van der Waals surface area contributed by atoms with Gasteiger partial charge in [-0.3, -0.25) is 9.69 Å². The van der Waals surface area contributed by atoms with Crippen LogP contribution in [0.1, 0.15) is 16.8 Å². The van der Waals surface area contributed by atoms with E-state index in [1.54, 1.807) is 6.20 Å². The number of aromatic nitrogens is 3. The number of fused-ring (bicyclic) bond motifs is 2. The molecule has 2 aromatic heterocycles. The van der Waals surface area contributed by atoms with E-state index in [0.717, 1.165) is 28.6 Å². The van der Waals surface area contributed by atoms with Crippen molar-refractivity contribution in [3.8, 4) is 0 Å². The third kappa shape index (κ3) is 2.34. The van der Waals surface area contributed by atoms with Gasteiger partial charge in [-0.05, 0) is 33.1 Å². The second-order valence-electron chi connectivity index (χ2n) is 5.46. The second kappa shape index (κ2) is 5.30. The molecule has 6 heteroatoms. The molecule has 1 aromatic carbocycles. The van der Waals surface area contributed by atoms with E-state index in [4.69, 9.17) is 0 Å². The zero-order chi connectivity index (χ0) is 15.1. The molecule has 0 radical (unpaired) electrons. The SMILES string of the molecule is O=c1[nH]nc(CN2Cc3ccccc3C2)c2cc(Br)cnc12. The summed E-state index contributed by atoms with van der Waals surface area (Å²) in [6, 6.07) is 10.4. The molecule has 0 bridgehead atoms. The number of nitrogens with zero attached hydrogens (tertiary/aromatic N) is 3. The van der Waals surface area contributed by atoms with Gasteiger partial charge in [-0.15, -0.1) is 0 Å². The minimum Gasteiger partial charge on any atom is -0.289 e. The van der Waals surface area contributed by atoms with Gasteiger partial charge in [0, 0.05) is 35.7 Å². The Bertz CT molecular complexity index is 896. The van der Waals surface area contributed by atoms with Crippen molar-refractivity contribution in [3.05, 3.63) is 68.2 Å². The van der Waals surface area contributed by atoms with Crippen LogP contribution in [0, 0.1) is 0 Å². The first-order chi connectivity index (χ1) is 10.7. The van der Waals surface area contributed by atoms with Crippen LogP contribution in [0.3, 0.4) is 0 Å². The van der Waals surface area contributed by atoms with Crippen LogP contribution in [-0.2, 0) is 19.6 Å². The first kappa shape index (κ1) is 13.6. The molecule has 1 aliphatic heterocycles. The first-order valence-corrected chi connectivity index (χ1v) is 7.82. The van der Waals surface area contributed by atoms with Crippen LogP contribution in [0.15, 0.2) is 45.8 Å². The normalized spacial score (nSPS) is 14.4. The molecular weight excluding hydrogens is 344 g/mol. The Kier molecular flexibility index (Phi) is 3.28. The summed E-state index contributed by atoms with van der Waals surface area (Å²) in [6.07, 6.45) is 1.63. The highest BCUT2D eigenvalue weighted by Crippen LogP contribution is 2.25. The van der Waals surface area contributed by atoms with Crippen molar-refractivity contribution in [2.45, 2.75) is 19.6 Å². The zero-order valence-electron chi connectivity index (χ0n) is 11.7. The molecule has 0 fully saturated rings. The first-order valence-electron chi connectivity index (χ1n) is 7.02. The van der Waals surface area contributed by atoms with Gasteiger partial charge in [0.25, 0.3) is 5.56 Å². The van der Waals surface area contributed by atoms with Gasteiger partial charge in [0.2, 0.25) is 0 Å². The van der Waals surface area contributed by atoms with Crippen molar-refractivity contribution in [1.29, 1.82) is 0 Å². The average Bonchev–Trinajstić information content (AvgIpc) is 2.92. The molecule has 0 atom stereocenters. The maximum Gasteiger partial charge on any atom is 0.290 e. The van der Waals surface area contributed by atoms with Crippen LogP contribution >= 0.6 is 15.9 Å². The maximum absolute atomic E-state index is 11.8. The van der Waals surface area contributed by atoms with Gasteiger partial charge in [-0.25, -0.2) is 10.1 Å². The van der Waals surface area contributed by atoms with Crippen LogP contribution in [0.5, 0.6) is 0 Å². The van der Waals surface area contributed by atoms with E-state index in [1.807, 2.05) is 6.07 Å². The number of hydrogen-bond acceptors (Lipinski definition) is 4. The van der Waals surface area contributed by atoms with E-state index in [1.165, 1.54) is 11.1 Å². The predicted molar refractivity (Wildman–Crippen MR) is 87.3 cm³/mol. The van der Waals surface area contributed by atoms with Crippen LogP contribution in [-0.4, -0.2) is 20.1 Å². The van der Waals surface area contributed by atoms with Crippen molar-refractivity contribution in [3.63, 3.8) is 0 Å². The van der Waals surface area contributed by atoms with Gasteiger partial charge in [0.15, 0.2) is 0 Å². The van der Waals surface area contributed by atoms with Crippen molar-refractivity contribution in [2.24, 2.45) is 0 Å². The number of rotatable bonds is 2. The fourth-order valence-corrected chi connectivity index (χ4v) is 3.25.